The molecule has 0 atom stereocenters. The molecule has 1 aliphatic carbocycles. The van der Waals surface area contributed by atoms with Gasteiger partial charge >= 0.3 is 0 Å². The second-order valence-electron chi connectivity index (χ2n) is 5.72. The summed E-state index contributed by atoms with van der Waals surface area (Å²) in [5.74, 6) is -1.41. The van der Waals surface area contributed by atoms with Crippen molar-refractivity contribution in [3.8, 4) is 0 Å². The first-order valence-corrected chi connectivity index (χ1v) is 7.81. The number of halogens is 2. The molecule has 1 amide bonds. The third-order valence-corrected chi connectivity index (χ3v) is 3.86. The molecule has 0 bridgehead atoms. The molecule has 1 fully saturated rings. The van der Waals surface area contributed by atoms with Gasteiger partial charge in [-0.2, -0.15) is 0 Å². The van der Waals surface area contributed by atoms with Crippen molar-refractivity contribution in [3.63, 3.8) is 0 Å². The molecule has 1 heterocycles. The smallest absolute Gasteiger partial charge is 0.238 e. The van der Waals surface area contributed by atoms with Gasteiger partial charge in [0.1, 0.15) is 17.3 Å². The zero-order valence-corrected chi connectivity index (χ0v) is 13.2. The Kier molecular flexibility index (Phi) is 4.79. The van der Waals surface area contributed by atoms with E-state index >= 15 is 0 Å². The van der Waals surface area contributed by atoms with E-state index in [-0.39, 0.29) is 6.54 Å². The zero-order valence-electron chi connectivity index (χ0n) is 13.2. The Morgan fingerprint density at radius 2 is 2.08 bits per heavy atom. The predicted molar refractivity (Wildman–Crippen MR) is 82.0 cm³/mol. The van der Waals surface area contributed by atoms with E-state index < -0.39 is 23.2 Å². The monoisotopic (exact) mass is 336 g/mol. The summed E-state index contributed by atoms with van der Waals surface area (Å²) in [5.41, 5.74) is -0.429. The van der Waals surface area contributed by atoms with Gasteiger partial charge in [0.15, 0.2) is 5.82 Å². The molecule has 9 heteroatoms. The molecule has 7 nitrogen and oxygen atoms in total. The van der Waals surface area contributed by atoms with Crippen LogP contribution in [0.3, 0.4) is 0 Å². The number of aromatic nitrogens is 4. The van der Waals surface area contributed by atoms with E-state index in [1.165, 1.54) is 6.07 Å². The fourth-order valence-electron chi connectivity index (χ4n) is 2.40. The minimum absolute atomic E-state index is 0.0121. The van der Waals surface area contributed by atoms with Crippen molar-refractivity contribution in [2.45, 2.75) is 32.4 Å². The molecule has 2 aromatic rings. The van der Waals surface area contributed by atoms with Crippen LogP contribution >= 0.6 is 0 Å². The molecule has 24 heavy (non-hydrogen) atoms. The Bertz CT molecular complexity index is 710. The second-order valence-corrected chi connectivity index (χ2v) is 5.72. The highest BCUT2D eigenvalue weighted by Gasteiger charge is 2.28. The van der Waals surface area contributed by atoms with Gasteiger partial charge in [0.05, 0.1) is 19.1 Å². The van der Waals surface area contributed by atoms with Crippen LogP contribution in [-0.4, -0.2) is 44.1 Å². The van der Waals surface area contributed by atoms with Crippen LogP contribution in [0.5, 0.6) is 0 Å². The number of hydrogen-bond donors (Lipinski definition) is 1. The molecule has 128 valence electrons. The SMILES string of the molecule is CCN(CC(=O)Nc1c(F)cccc1F)Cc1nnnn1C1CC1. The molecule has 0 aliphatic heterocycles. The highest BCUT2D eigenvalue weighted by Crippen LogP contribution is 2.34. The van der Waals surface area contributed by atoms with Gasteiger partial charge in [-0.3, -0.25) is 9.69 Å². The van der Waals surface area contributed by atoms with Crippen LogP contribution < -0.4 is 5.32 Å². The van der Waals surface area contributed by atoms with Crippen molar-refractivity contribution < 1.29 is 13.6 Å². The maximum absolute atomic E-state index is 13.6. The molecular weight excluding hydrogens is 318 g/mol. The first kappa shape index (κ1) is 16.4. The van der Waals surface area contributed by atoms with E-state index in [9.17, 15) is 13.6 Å². The largest absolute Gasteiger partial charge is 0.320 e. The molecule has 0 saturated heterocycles. The molecule has 0 radical (unpaired) electrons. The number of hydrogen-bond acceptors (Lipinski definition) is 5. The molecule has 1 aromatic heterocycles. The standard InChI is InChI=1S/C15H18F2N6O/c1-2-22(8-13-19-20-21-23(13)10-6-7-10)9-14(24)18-15-11(16)4-3-5-12(15)17/h3-5,10H,2,6-9H2,1H3,(H,18,24). The van der Waals surface area contributed by atoms with Crippen LogP contribution in [-0.2, 0) is 11.3 Å². The van der Waals surface area contributed by atoms with Gasteiger partial charge in [-0.25, -0.2) is 13.5 Å². The maximum Gasteiger partial charge on any atom is 0.238 e. The summed E-state index contributed by atoms with van der Waals surface area (Å²) in [6.45, 7) is 2.85. The first-order valence-electron chi connectivity index (χ1n) is 7.81. The number of carbonyl (C=O) groups is 1. The van der Waals surface area contributed by atoms with E-state index in [4.69, 9.17) is 0 Å². The van der Waals surface area contributed by atoms with Gasteiger partial charge in [0.2, 0.25) is 5.91 Å². The third kappa shape index (κ3) is 3.73. The number of carbonyl (C=O) groups excluding carboxylic acids is 1. The fourth-order valence-corrected chi connectivity index (χ4v) is 2.40. The molecule has 1 saturated carbocycles. The minimum Gasteiger partial charge on any atom is -0.320 e. The highest BCUT2D eigenvalue weighted by molar-refractivity contribution is 5.92. The maximum atomic E-state index is 13.6. The Balaban J connectivity index is 1.62. The lowest BCUT2D eigenvalue weighted by molar-refractivity contribution is -0.117. The third-order valence-electron chi connectivity index (χ3n) is 3.86. The van der Waals surface area contributed by atoms with Gasteiger partial charge in [-0.05, 0) is 41.9 Å². The van der Waals surface area contributed by atoms with Crippen molar-refractivity contribution in [1.82, 2.24) is 25.1 Å². The van der Waals surface area contributed by atoms with Crippen LogP contribution in [0.4, 0.5) is 14.5 Å². The quantitative estimate of drug-likeness (QED) is 0.834. The van der Waals surface area contributed by atoms with Crippen molar-refractivity contribution in [1.29, 1.82) is 0 Å². The van der Waals surface area contributed by atoms with Gasteiger partial charge in [-0.1, -0.05) is 13.0 Å². The van der Waals surface area contributed by atoms with Crippen molar-refractivity contribution in [2.75, 3.05) is 18.4 Å². The van der Waals surface area contributed by atoms with E-state index in [2.05, 4.69) is 20.8 Å². The molecule has 0 spiro atoms. The molecule has 0 unspecified atom stereocenters. The highest BCUT2D eigenvalue weighted by atomic mass is 19.1. The summed E-state index contributed by atoms with van der Waals surface area (Å²) in [5, 5.41) is 13.9. The zero-order chi connectivity index (χ0) is 17.1. The number of tetrazole rings is 1. The molecule has 1 aromatic carbocycles. The summed E-state index contributed by atoms with van der Waals surface area (Å²) in [6.07, 6.45) is 2.11. The Hall–Kier alpha value is -2.42. The first-order chi connectivity index (χ1) is 11.6. The number of rotatable bonds is 7. The van der Waals surface area contributed by atoms with Gasteiger partial charge in [0.25, 0.3) is 0 Å². The van der Waals surface area contributed by atoms with E-state index in [1.807, 2.05) is 6.92 Å². The lowest BCUT2D eigenvalue weighted by atomic mass is 10.3. The molecular formula is C15H18F2N6O. The number of para-hydroxylation sites is 1. The van der Waals surface area contributed by atoms with Gasteiger partial charge < -0.3 is 5.32 Å². The summed E-state index contributed by atoms with van der Waals surface area (Å²) >= 11 is 0. The topological polar surface area (TPSA) is 75.9 Å². The number of nitrogens with zero attached hydrogens (tertiary/aromatic N) is 5. The number of benzene rings is 1. The summed E-state index contributed by atoms with van der Waals surface area (Å²) in [7, 11) is 0. The molecule has 3 rings (SSSR count). The van der Waals surface area contributed by atoms with Crippen LogP contribution in [0.2, 0.25) is 0 Å². The number of nitrogens with one attached hydrogen (secondary N) is 1. The number of amides is 1. The average molecular weight is 336 g/mol. The van der Waals surface area contributed by atoms with E-state index in [0.29, 0.717) is 25.0 Å². The summed E-state index contributed by atoms with van der Waals surface area (Å²) in [6, 6.07) is 3.78. The predicted octanol–water partition coefficient (Wildman–Crippen LogP) is 1.75. The van der Waals surface area contributed by atoms with Crippen molar-refractivity contribution in [3.05, 3.63) is 35.7 Å². The fraction of sp³-hybridized carbons (Fsp3) is 0.467. The normalized spacial score (nSPS) is 14.2. The Morgan fingerprint density at radius 1 is 1.38 bits per heavy atom. The van der Waals surface area contributed by atoms with Gasteiger partial charge in [0, 0.05) is 0 Å². The Labute approximate surface area is 137 Å². The van der Waals surface area contributed by atoms with Crippen LogP contribution in [0.25, 0.3) is 0 Å². The number of anilines is 1. The summed E-state index contributed by atoms with van der Waals surface area (Å²) in [4.78, 5) is 13.9. The molecule has 1 aliphatic rings. The summed E-state index contributed by atoms with van der Waals surface area (Å²) < 4.78 is 28.9. The van der Waals surface area contributed by atoms with E-state index in [1.54, 1.807) is 9.58 Å². The second kappa shape index (κ2) is 7.00. The van der Waals surface area contributed by atoms with Crippen LogP contribution in [0, 0.1) is 11.6 Å². The lowest BCUT2D eigenvalue weighted by Crippen LogP contribution is -2.34. The minimum atomic E-state index is -0.802. The van der Waals surface area contributed by atoms with Crippen molar-refractivity contribution >= 4 is 11.6 Å². The van der Waals surface area contributed by atoms with Crippen LogP contribution in [0.1, 0.15) is 31.6 Å². The van der Waals surface area contributed by atoms with Gasteiger partial charge in [-0.15, -0.1) is 5.10 Å². The van der Waals surface area contributed by atoms with Crippen molar-refractivity contribution in [2.24, 2.45) is 0 Å². The Morgan fingerprint density at radius 3 is 2.71 bits per heavy atom. The molecule has 1 N–H and O–H groups in total. The van der Waals surface area contributed by atoms with E-state index in [0.717, 1.165) is 25.0 Å². The number of likely N-dealkylation sites (N-methyl/N-ethyl adjacent to an activating group) is 1. The lowest BCUT2D eigenvalue weighted by Gasteiger charge is -2.19. The van der Waals surface area contributed by atoms with Crippen LogP contribution in [0.15, 0.2) is 18.2 Å². The average Bonchev–Trinajstić information content (AvgIpc) is 3.30.